The quantitative estimate of drug-likeness (QED) is 0.602. The summed E-state index contributed by atoms with van der Waals surface area (Å²) >= 11 is 0. The molecule has 4 aromatic rings. The lowest BCUT2D eigenvalue weighted by atomic mass is 10.0. The van der Waals surface area contributed by atoms with Gasteiger partial charge in [0.2, 0.25) is 0 Å². The third-order valence-corrected chi connectivity index (χ3v) is 4.28. The first kappa shape index (κ1) is 15.1. The van der Waals surface area contributed by atoms with Crippen LogP contribution in [0.4, 0.5) is 0 Å². The Labute approximate surface area is 145 Å². The Morgan fingerprint density at radius 1 is 0.920 bits per heavy atom. The second-order valence-electron chi connectivity index (χ2n) is 5.94. The fourth-order valence-corrected chi connectivity index (χ4v) is 2.95. The molecular weight excluding hydrogens is 312 g/mol. The zero-order valence-corrected chi connectivity index (χ0v) is 13.5. The van der Waals surface area contributed by atoms with Crippen molar-refractivity contribution in [1.82, 2.24) is 9.78 Å². The molecule has 122 valence electrons. The van der Waals surface area contributed by atoms with E-state index in [0.29, 0.717) is 6.54 Å². The van der Waals surface area contributed by atoms with Crippen molar-refractivity contribution in [2.24, 2.45) is 0 Å². The Bertz CT molecular complexity index is 1030. The molecule has 0 aliphatic heterocycles. The molecule has 4 rings (SSSR count). The van der Waals surface area contributed by atoms with Crippen LogP contribution in [0.3, 0.4) is 0 Å². The van der Waals surface area contributed by atoms with Crippen LogP contribution >= 0.6 is 0 Å². The number of benzene rings is 3. The van der Waals surface area contributed by atoms with Crippen molar-refractivity contribution in [3.05, 3.63) is 90.1 Å². The van der Waals surface area contributed by atoms with E-state index < -0.39 is 5.97 Å². The number of carboxylic acid groups (broad SMARTS) is 1. The average molecular weight is 328 g/mol. The summed E-state index contributed by atoms with van der Waals surface area (Å²) < 4.78 is 1.89. The molecule has 1 N–H and O–H groups in total. The summed E-state index contributed by atoms with van der Waals surface area (Å²) in [6, 6.07) is 23.8. The van der Waals surface area contributed by atoms with Gasteiger partial charge in [0.15, 0.2) is 0 Å². The van der Waals surface area contributed by atoms with Gasteiger partial charge < -0.3 is 5.11 Å². The van der Waals surface area contributed by atoms with E-state index in [-0.39, 0.29) is 5.56 Å². The van der Waals surface area contributed by atoms with Gasteiger partial charge in [-0.1, -0.05) is 54.6 Å². The van der Waals surface area contributed by atoms with Gasteiger partial charge in [-0.25, -0.2) is 4.79 Å². The van der Waals surface area contributed by atoms with E-state index >= 15 is 0 Å². The van der Waals surface area contributed by atoms with Crippen LogP contribution < -0.4 is 0 Å². The minimum atomic E-state index is -0.925. The molecule has 0 saturated heterocycles. The molecule has 3 aromatic carbocycles. The number of rotatable bonds is 4. The van der Waals surface area contributed by atoms with Crippen LogP contribution in [0, 0.1) is 0 Å². The fourth-order valence-electron chi connectivity index (χ4n) is 2.95. The van der Waals surface area contributed by atoms with Gasteiger partial charge in [-0.05, 0) is 34.9 Å². The first-order valence-corrected chi connectivity index (χ1v) is 8.04. The predicted molar refractivity (Wildman–Crippen MR) is 97.7 cm³/mol. The first-order chi connectivity index (χ1) is 12.2. The smallest absolute Gasteiger partial charge is 0.335 e. The molecule has 1 heterocycles. The van der Waals surface area contributed by atoms with Crippen molar-refractivity contribution in [1.29, 1.82) is 0 Å². The lowest BCUT2D eigenvalue weighted by Crippen LogP contribution is -2.01. The summed E-state index contributed by atoms with van der Waals surface area (Å²) in [4.78, 5) is 11.1. The summed E-state index contributed by atoms with van der Waals surface area (Å²) in [6.45, 7) is 0.644. The van der Waals surface area contributed by atoms with E-state index in [1.807, 2.05) is 28.9 Å². The van der Waals surface area contributed by atoms with Crippen LogP contribution in [0.1, 0.15) is 15.9 Å². The third-order valence-electron chi connectivity index (χ3n) is 4.28. The van der Waals surface area contributed by atoms with Crippen LogP contribution in [0.2, 0.25) is 0 Å². The van der Waals surface area contributed by atoms with Crippen molar-refractivity contribution in [2.75, 3.05) is 0 Å². The Hall–Kier alpha value is -3.40. The van der Waals surface area contributed by atoms with E-state index in [1.54, 1.807) is 18.3 Å². The number of carbonyl (C=O) groups is 1. The molecule has 0 aliphatic rings. The predicted octanol–water partition coefficient (Wildman–Crippen LogP) is 4.45. The molecule has 1 aromatic heterocycles. The molecule has 0 unspecified atom stereocenters. The molecule has 4 nitrogen and oxygen atoms in total. The molecule has 0 fully saturated rings. The van der Waals surface area contributed by atoms with E-state index in [2.05, 4.69) is 41.5 Å². The van der Waals surface area contributed by atoms with E-state index in [1.165, 1.54) is 11.1 Å². The molecule has 0 bridgehead atoms. The van der Waals surface area contributed by atoms with Crippen molar-refractivity contribution in [3.8, 4) is 11.1 Å². The van der Waals surface area contributed by atoms with Gasteiger partial charge in [0.25, 0.3) is 0 Å². The Morgan fingerprint density at radius 3 is 2.36 bits per heavy atom. The van der Waals surface area contributed by atoms with Crippen LogP contribution in [0.5, 0.6) is 0 Å². The van der Waals surface area contributed by atoms with Crippen molar-refractivity contribution in [3.63, 3.8) is 0 Å². The molecule has 4 heteroatoms. The largest absolute Gasteiger partial charge is 0.478 e. The first-order valence-electron chi connectivity index (χ1n) is 8.04. The second-order valence-corrected chi connectivity index (χ2v) is 5.94. The zero-order chi connectivity index (χ0) is 17.2. The van der Waals surface area contributed by atoms with Gasteiger partial charge in [0.1, 0.15) is 0 Å². The maximum atomic E-state index is 11.1. The number of fused-ring (bicyclic) bond motifs is 1. The standard InChI is InChI=1S/C21H16N2O2/c24-21(25)18-10-11-20-19(12-18)13-22-23(20)14-15-6-8-17(9-7-15)16-4-2-1-3-5-16/h1-13H,14H2,(H,24,25). The number of hydrogen-bond acceptors (Lipinski definition) is 2. The number of nitrogens with zero attached hydrogens (tertiary/aromatic N) is 2. The molecule has 0 radical (unpaired) electrons. The summed E-state index contributed by atoms with van der Waals surface area (Å²) in [5.41, 5.74) is 4.73. The molecular formula is C21H16N2O2. The number of carboxylic acids is 1. The second kappa shape index (κ2) is 6.24. The highest BCUT2D eigenvalue weighted by Crippen LogP contribution is 2.21. The normalized spacial score (nSPS) is 10.9. The highest BCUT2D eigenvalue weighted by Gasteiger charge is 2.08. The summed E-state index contributed by atoms with van der Waals surface area (Å²) in [5, 5.41) is 14.3. The summed E-state index contributed by atoms with van der Waals surface area (Å²) in [5.74, 6) is -0.925. The molecule has 0 saturated carbocycles. The van der Waals surface area contributed by atoms with Gasteiger partial charge in [-0.15, -0.1) is 0 Å². The highest BCUT2D eigenvalue weighted by atomic mass is 16.4. The zero-order valence-electron chi connectivity index (χ0n) is 13.5. The van der Waals surface area contributed by atoms with E-state index in [9.17, 15) is 4.79 Å². The number of aromatic nitrogens is 2. The SMILES string of the molecule is O=C(O)c1ccc2c(cnn2Cc2ccc(-c3ccccc3)cc2)c1. The fraction of sp³-hybridized carbons (Fsp3) is 0.0476. The van der Waals surface area contributed by atoms with Gasteiger partial charge in [0, 0.05) is 5.39 Å². The van der Waals surface area contributed by atoms with Crippen LogP contribution in [0.15, 0.2) is 79.0 Å². The summed E-state index contributed by atoms with van der Waals surface area (Å²) in [6.07, 6.45) is 1.71. The maximum Gasteiger partial charge on any atom is 0.335 e. The molecule has 0 atom stereocenters. The minimum Gasteiger partial charge on any atom is -0.478 e. The van der Waals surface area contributed by atoms with Gasteiger partial charge in [-0.2, -0.15) is 5.10 Å². The molecule has 0 aliphatic carbocycles. The van der Waals surface area contributed by atoms with Crippen LogP contribution in [0.25, 0.3) is 22.0 Å². The lowest BCUT2D eigenvalue weighted by Gasteiger charge is -2.06. The van der Waals surface area contributed by atoms with Crippen molar-refractivity contribution >= 4 is 16.9 Å². The average Bonchev–Trinajstić information content (AvgIpc) is 3.05. The summed E-state index contributed by atoms with van der Waals surface area (Å²) in [7, 11) is 0. The van der Waals surface area contributed by atoms with E-state index in [0.717, 1.165) is 16.5 Å². The van der Waals surface area contributed by atoms with Gasteiger partial charge in [-0.3, -0.25) is 4.68 Å². The van der Waals surface area contributed by atoms with Gasteiger partial charge >= 0.3 is 5.97 Å². The monoisotopic (exact) mass is 328 g/mol. The van der Waals surface area contributed by atoms with Crippen molar-refractivity contribution in [2.45, 2.75) is 6.54 Å². The Morgan fingerprint density at radius 2 is 1.64 bits per heavy atom. The number of aromatic carboxylic acids is 1. The molecule has 0 amide bonds. The van der Waals surface area contributed by atoms with Gasteiger partial charge in [0.05, 0.1) is 23.8 Å². The van der Waals surface area contributed by atoms with Crippen LogP contribution in [-0.4, -0.2) is 20.9 Å². The Kier molecular flexibility index (Phi) is 3.78. The lowest BCUT2D eigenvalue weighted by molar-refractivity contribution is 0.0697. The molecule has 0 spiro atoms. The molecule has 25 heavy (non-hydrogen) atoms. The topological polar surface area (TPSA) is 55.1 Å². The maximum absolute atomic E-state index is 11.1. The Balaban J connectivity index is 1.60. The van der Waals surface area contributed by atoms with Crippen molar-refractivity contribution < 1.29 is 9.90 Å². The number of hydrogen-bond donors (Lipinski definition) is 1. The van der Waals surface area contributed by atoms with E-state index in [4.69, 9.17) is 5.11 Å². The highest BCUT2D eigenvalue weighted by molar-refractivity contribution is 5.93. The third kappa shape index (κ3) is 3.02. The minimum absolute atomic E-state index is 0.277. The van der Waals surface area contributed by atoms with Crippen LogP contribution in [-0.2, 0) is 6.54 Å².